The lowest BCUT2D eigenvalue weighted by Crippen LogP contribution is -2.40. The molecule has 0 spiro atoms. The van der Waals surface area contributed by atoms with E-state index in [-0.39, 0.29) is 24.0 Å². The third-order valence-electron chi connectivity index (χ3n) is 4.44. The molecule has 1 aliphatic rings. The van der Waals surface area contributed by atoms with E-state index in [0.717, 1.165) is 43.8 Å². The van der Waals surface area contributed by atoms with Gasteiger partial charge >= 0.3 is 0 Å². The molecule has 1 saturated heterocycles. The van der Waals surface area contributed by atoms with Crippen LogP contribution in [0.4, 0.5) is 0 Å². The van der Waals surface area contributed by atoms with Gasteiger partial charge in [-0.15, -0.1) is 34.2 Å². The van der Waals surface area contributed by atoms with Gasteiger partial charge in [-0.25, -0.2) is 4.99 Å². The van der Waals surface area contributed by atoms with E-state index in [2.05, 4.69) is 33.0 Å². The van der Waals surface area contributed by atoms with Crippen LogP contribution >= 0.6 is 24.0 Å². The molecule has 0 radical (unpaired) electrons. The molecule has 1 unspecified atom stereocenters. The molecule has 0 amide bonds. The van der Waals surface area contributed by atoms with Crippen molar-refractivity contribution in [1.82, 2.24) is 25.4 Å². The number of nitrogens with zero attached hydrogens (tertiary/aromatic N) is 4. The van der Waals surface area contributed by atoms with Crippen molar-refractivity contribution in [2.75, 3.05) is 19.8 Å². The quantitative estimate of drug-likeness (QED) is 0.384. The van der Waals surface area contributed by atoms with E-state index in [9.17, 15) is 0 Å². The van der Waals surface area contributed by atoms with Crippen LogP contribution in [0.1, 0.15) is 23.6 Å². The summed E-state index contributed by atoms with van der Waals surface area (Å²) in [7, 11) is 1.97. The summed E-state index contributed by atoms with van der Waals surface area (Å²) in [5, 5.41) is 15.1. The Morgan fingerprint density at radius 3 is 2.73 bits per heavy atom. The second kappa shape index (κ2) is 10.5. The average molecular weight is 470 g/mol. The predicted molar refractivity (Wildman–Crippen MR) is 113 cm³/mol. The Bertz CT molecular complexity index is 697. The Morgan fingerprint density at radius 2 is 2.08 bits per heavy atom. The molecule has 26 heavy (non-hydrogen) atoms. The van der Waals surface area contributed by atoms with Gasteiger partial charge in [0.25, 0.3) is 0 Å². The Hall–Kier alpha value is -1.68. The number of ether oxygens (including phenoxy) is 1. The molecule has 2 N–H and O–H groups in total. The van der Waals surface area contributed by atoms with Crippen LogP contribution in [-0.4, -0.2) is 40.5 Å². The smallest absolute Gasteiger partial charge is 0.191 e. The van der Waals surface area contributed by atoms with Crippen molar-refractivity contribution in [1.29, 1.82) is 0 Å². The first-order valence-electron chi connectivity index (χ1n) is 8.71. The van der Waals surface area contributed by atoms with Gasteiger partial charge in [0.2, 0.25) is 0 Å². The number of benzene rings is 1. The van der Waals surface area contributed by atoms with Gasteiger partial charge < -0.3 is 19.9 Å². The fraction of sp³-hybridized carbons (Fsp3) is 0.500. The molecule has 7 nitrogen and oxygen atoms in total. The summed E-state index contributed by atoms with van der Waals surface area (Å²) in [6, 6.07) is 10.2. The molecule has 1 aromatic heterocycles. The summed E-state index contributed by atoms with van der Waals surface area (Å²) in [6.45, 7) is 5.70. The highest BCUT2D eigenvalue weighted by Crippen LogP contribution is 2.10. The molecular formula is C18H27IN6O. The number of aromatic nitrogens is 3. The first-order valence-corrected chi connectivity index (χ1v) is 8.71. The lowest BCUT2D eigenvalue weighted by atomic mass is 10.1. The van der Waals surface area contributed by atoms with E-state index < -0.39 is 0 Å². The molecule has 2 heterocycles. The van der Waals surface area contributed by atoms with Crippen LogP contribution in [0, 0.1) is 12.8 Å². The number of aliphatic imine (C=N–C) groups is 1. The standard InChI is InChI=1S/C18H26N6O.HI/c1-14-22-23-17(24(14)2)12-21-18(20-11-16-8-9-25-13-16)19-10-15-6-4-3-5-7-15;/h3-7,16H,8-13H2,1-2H3,(H2,19,20,21);1H. The lowest BCUT2D eigenvalue weighted by Gasteiger charge is -2.15. The van der Waals surface area contributed by atoms with Gasteiger partial charge in [0.1, 0.15) is 5.82 Å². The summed E-state index contributed by atoms with van der Waals surface area (Å²) in [5.41, 5.74) is 1.18. The second-order valence-corrected chi connectivity index (χ2v) is 6.34. The number of halogens is 1. The molecule has 1 aliphatic heterocycles. The van der Waals surface area contributed by atoms with Gasteiger partial charge in [-0.2, -0.15) is 0 Å². The zero-order valence-corrected chi connectivity index (χ0v) is 17.6. The molecule has 3 rings (SSSR count). The first kappa shape index (κ1) is 20.6. The maximum Gasteiger partial charge on any atom is 0.191 e. The van der Waals surface area contributed by atoms with Crippen LogP contribution in [0.2, 0.25) is 0 Å². The van der Waals surface area contributed by atoms with E-state index in [1.54, 1.807) is 0 Å². The third kappa shape index (κ3) is 5.94. The van der Waals surface area contributed by atoms with E-state index in [1.165, 1.54) is 5.56 Å². The van der Waals surface area contributed by atoms with Crippen molar-refractivity contribution in [2.24, 2.45) is 18.0 Å². The summed E-state index contributed by atoms with van der Waals surface area (Å²) in [4.78, 5) is 4.70. The van der Waals surface area contributed by atoms with Gasteiger partial charge in [-0.05, 0) is 18.9 Å². The molecule has 1 atom stereocenters. The molecule has 8 heteroatoms. The van der Waals surface area contributed by atoms with Crippen LogP contribution in [0.3, 0.4) is 0 Å². The van der Waals surface area contributed by atoms with Crippen molar-refractivity contribution >= 4 is 29.9 Å². The topological polar surface area (TPSA) is 76.4 Å². The van der Waals surface area contributed by atoms with E-state index >= 15 is 0 Å². The highest BCUT2D eigenvalue weighted by Gasteiger charge is 2.16. The molecule has 1 fully saturated rings. The molecule has 2 aromatic rings. The number of guanidine groups is 1. The zero-order chi connectivity index (χ0) is 17.5. The van der Waals surface area contributed by atoms with E-state index in [4.69, 9.17) is 9.73 Å². The number of aryl methyl sites for hydroxylation is 1. The second-order valence-electron chi connectivity index (χ2n) is 6.34. The third-order valence-corrected chi connectivity index (χ3v) is 4.44. The van der Waals surface area contributed by atoms with Crippen LogP contribution < -0.4 is 10.6 Å². The summed E-state index contributed by atoms with van der Waals surface area (Å²) < 4.78 is 7.42. The van der Waals surface area contributed by atoms with E-state index in [1.807, 2.05) is 36.7 Å². The Morgan fingerprint density at radius 1 is 1.27 bits per heavy atom. The van der Waals surface area contributed by atoms with Crippen molar-refractivity contribution in [3.8, 4) is 0 Å². The largest absolute Gasteiger partial charge is 0.381 e. The number of nitrogens with one attached hydrogen (secondary N) is 2. The minimum atomic E-state index is 0. The number of rotatable bonds is 6. The van der Waals surface area contributed by atoms with Gasteiger partial charge in [-0.1, -0.05) is 30.3 Å². The monoisotopic (exact) mass is 470 g/mol. The van der Waals surface area contributed by atoms with Crippen LogP contribution in [0.25, 0.3) is 0 Å². The van der Waals surface area contributed by atoms with Crippen molar-refractivity contribution < 1.29 is 4.74 Å². The normalized spacial score (nSPS) is 17.0. The Balaban J connectivity index is 0.00000243. The molecule has 0 saturated carbocycles. The highest BCUT2D eigenvalue weighted by atomic mass is 127. The van der Waals surface area contributed by atoms with E-state index in [0.29, 0.717) is 19.0 Å². The van der Waals surface area contributed by atoms with Gasteiger partial charge in [-0.3, -0.25) is 0 Å². The Kier molecular flexibility index (Phi) is 8.30. The molecule has 0 aliphatic carbocycles. The van der Waals surface area contributed by atoms with Crippen LogP contribution in [0.15, 0.2) is 35.3 Å². The number of hydrogen-bond donors (Lipinski definition) is 2. The van der Waals surface area contributed by atoms with Crippen molar-refractivity contribution in [3.05, 3.63) is 47.5 Å². The lowest BCUT2D eigenvalue weighted by molar-refractivity contribution is 0.186. The van der Waals surface area contributed by atoms with Gasteiger partial charge in [0.05, 0.1) is 19.7 Å². The number of hydrogen-bond acceptors (Lipinski definition) is 4. The summed E-state index contributed by atoms with van der Waals surface area (Å²) >= 11 is 0. The first-order chi connectivity index (χ1) is 12.2. The zero-order valence-electron chi connectivity index (χ0n) is 15.3. The molecule has 0 bridgehead atoms. The highest BCUT2D eigenvalue weighted by molar-refractivity contribution is 14.0. The molecule has 142 valence electrons. The van der Waals surface area contributed by atoms with Crippen molar-refractivity contribution in [3.63, 3.8) is 0 Å². The van der Waals surface area contributed by atoms with Crippen LogP contribution in [-0.2, 0) is 24.9 Å². The van der Waals surface area contributed by atoms with Crippen LogP contribution in [0.5, 0.6) is 0 Å². The molecule has 1 aromatic carbocycles. The minimum absolute atomic E-state index is 0. The van der Waals surface area contributed by atoms with Gasteiger partial charge in [0, 0.05) is 26.1 Å². The summed E-state index contributed by atoms with van der Waals surface area (Å²) in [6.07, 6.45) is 1.10. The average Bonchev–Trinajstić information content (AvgIpc) is 3.27. The molecular weight excluding hydrogens is 443 g/mol. The SMILES string of the molecule is Cc1nnc(CNC(=NCc2ccccc2)NCC2CCOC2)n1C.I. The fourth-order valence-electron chi connectivity index (χ4n) is 2.68. The maximum absolute atomic E-state index is 5.44. The van der Waals surface area contributed by atoms with Crippen molar-refractivity contribution in [2.45, 2.75) is 26.4 Å². The maximum atomic E-state index is 5.44. The Labute approximate surface area is 171 Å². The fourth-order valence-corrected chi connectivity index (χ4v) is 2.68. The summed E-state index contributed by atoms with van der Waals surface area (Å²) in [5.74, 6) is 3.11. The van der Waals surface area contributed by atoms with Gasteiger partial charge in [0.15, 0.2) is 11.8 Å². The minimum Gasteiger partial charge on any atom is -0.381 e. The predicted octanol–water partition coefficient (Wildman–Crippen LogP) is 2.01.